The highest BCUT2D eigenvalue weighted by Crippen LogP contribution is 2.23. The number of aromatic amines is 1. The molecule has 4 rings (SSSR count). The van der Waals surface area contributed by atoms with Crippen molar-refractivity contribution in [1.82, 2.24) is 20.2 Å². The van der Waals surface area contributed by atoms with Crippen LogP contribution in [0.3, 0.4) is 0 Å². The molecule has 7 nitrogen and oxygen atoms in total. The second-order valence-electron chi connectivity index (χ2n) is 9.32. The lowest BCUT2D eigenvalue weighted by Gasteiger charge is -2.26. The molecule has 0 saturated carbocycles. The third kappa shape index (κ3) is 7.99. The Labute approximate surface area is 216 Å². The summed E-state index contributed by atoms with van der Waals surface area (Å²) in [6.07, 6.45) is 0.641. The number of hydrogen-bond acceptors (Lipinski definition) is 6. The second kappa shape index (κ2) is 13.2. The predicted molar refractivity (Wildman–Crippen MR) is 141 cm³/mol. The molecule has 1 aliphatic rings. The molecule has 3 N–H and O–H groups in total. The molecule has 0 radical (unpaired) electrons. The van der Waals surface area contributed by atoms with Crippen molar-refractivity contribution >= 4 is 0 Å². The van der Waals surface area contributed by atoms with Gasteiger partial charge in [0.25, 0.3) is 5.56 Å². The van der Waals surface area contributed by atoms with Crippen LogP contribution >= 0.6 is 0 Å². The molecule has 2 heterocycles. The van der Waals surface area contributed by atoms with Gasteiger partial charge in [0.2, 0.25) is 5.75 Å². The summed E-state index contributed by atoms with van der Waals surface area (Å²) in [4.78, 5) is 20.7. The lowest BCUT2D eigenvalue weighted by atomic mass is 9.93. The molecule has 1 aliphatic heterocycles. The van der Waals surface area contributed by atoms with E-state index in [1.165, 1.54) is 18.8 Å². The number of alkyl halides is 1. The van der Waals surface area contributed by atoms with E-state index < -0.39 is 11.7 Å². The number of nitrogens with zero attached hydrogens (tertiary/aromatic N) is 2. The third-order valence-corrected chi connectivity index (χ3v) is 6.36. The average Bonchev–Trinajstić information content (AvgIpc) is 2.91. The third-order valence-electron chi connectivity index (χ3n) is 6.36. The summed E-state index contributed by atoms with van der Waals surface area (Å²) >= 11 is 0. The molecule has 0 amide bonds. The summed E-state index contributed by atoms with van der Waals surface area (Å²) in [7, 11) is 0. The monoisotopic (exact) mass is 504 g/mol. The molecule has 8 heteroatoms. The molecular formula is C29H33FN4O3. The number of aromatic nitrogens is 2. The van der Waals surface area contributed by atoms with Gasteiger partial charge < -0.3 is 20.1 Å². The van der Waals surface area contributed by atoms with Crippen LogP contribution < -0.4 is 10.9 Å². The summed E-state index contributed by atoms with van der Waals surface area (Å²) < 4.78 is 18.7. The van der Waals surface area contributed by atoms with Crippen LogP contribution in [0.2, 0.25) is 0 Å². The van der Waals surface area contributed by atoms with Crippen LogP contribution in [0.25, 0.3) is 0 Å². The van der Waals surface area contributed by atoms with E-state index in [0.717, 1.165) is 49.5 Å². The molecule has 0 bridgehead atoms. The van der Waals surface area contributed by atoms with E-state index in [9.17, 15) is 14.3 Å². The highest BCUT2D eigenvalue weighted by molar-refractivity contribution is 5.44. The molecule has 2 unspecified atom stereocenters. The fourth-order valence-electron chi connectivity index (χ4n) is 4.27. The van der Waals surface area contributed by atoms with E-state index in [1.54, 1.807) is 0 Å². The zero-order chi connectivity index (χ0) is 26.0. The van der Waals surface area contributed by atoms with Gasteiger partial charge in [0.15, 0.2) is 0 Å². The minimum Gasteiger partial charge on any atom is -0.502 e. The second-order valence-corrected chi connectivity index (χ2v) is 9.32. The number of H-pyrrole nitrogens is 1. The first-order valence-electron chi connectivity index (χ1n) is 12.6. The van der Waals surface area contributed by atoms with Crippen LogP contribution in [0.15, 0.2) is 59.7 Å². The molecule has 0 spiro atoms. The topological polar surface area (TPSA) is 90.5 Å². The minimum atomic E-state index is -0.974. The Hall–Kier alpha value is -3.51. The lowest BCUT2D eigenvalue weighted by molar-refractivity contribution is 0.0342. The van der Waals surface area contributed by atoms with Gasteiger partial charge in [-0.1, -0.05) is 36.1 Å². The number of nitrogens with one attached hydrogen (secondary N) is 2. The molecular weight excluding hydrogens is 471 g/mol. The number of aromatic hydroxyl groups is 1. The lowest BCUT2D eigenvalue weighted by Crippen LogP contribution is -2.35. The first kappa shape index (κ1) is 26.6. The summed E-state index contributed by atoms with van der Waals surface area (Å²) in [6.45, 7) is 6.63. The Morgan fingerprint density at radius 2 is 1.73 bits per heavy atom. The maximum Gasteiger partial charge on any atom is 0.293 e. The number of halogens is 1. The van der Waals surface area contributed by atoms with Gasteiger partial charge in [-0.05, 0) is 42.3 Å². The van der Waals surface area contributed by atoms with Crippen LogP contribution in [0.5, 0.6) is 5.75 Å². The standard InChI is InChI=1S/C29H33FN4O3/c1-21(30)17-31-18-26(16-27-28(35)29(36)33-20-32-27)25-10-8-23(9-11-25)3-2-22-4-6-24(7-5-22)19-34-12-14-37-15-13-34/h4-11,20-21,26,31,35H,12-19H2,1H3,(H,32,33,36). The van der Waals surface area contributed by atoms with Crippen LogP contribution in [0.1, 0.15) is 40.8 Å². The molecule has 0 aliphatic carbocycles. The first-order chi connectivity index (χ1) is 18.0. The van der Waals surface area contributed by atoms with Gasteiger partial charge in [-0.2, -0.15) is 0 Å². The summed E-state index contributed by atoms with van der Waals surface area (Å²) in [5.41, 5.74) is 3.81. The van der Waals surface area contributed by atoms with Gasteiger partial charge in [-0.3, -0.25) is 9.69 Å². The van der Waals surface area contributed by atoms with Gasteiger partial charge >= 0.3 is 0 Å². The smallest absolute Gasteiger partial charge is 0.293 e. The number of ether oxygens (including phenoxy) is 1. The van der Waals surface area contributed by atoms with E-state index in [4.69, 9.17) is 4.74 Å². The Morgan fingerprint density at radius 1 is 1.08 bits per heavy atom. The van der Waals surface area contributed by atoms with Crippen molar-refractivity contribution in [3.63, 3.8) is 0 Å². The van der Waals surface area contributed by atoms with Crippen molar-refractivity contribution in [2.24, 2.45) is 0 Å². The van der Waals surface area contributed by atoms with Gasteiger partial charge in [-0.25, -0.2) is 9.37 Å². The van der Waals surface area contributed by atoms with Crippen molar-refractivity contribution in [3.05, 3.63) is 93.2 Å². The van der Waals surface area contributed by atoms with Crippen LogP contribution in [0, 0.1) is 11.8 Å². The highest BCUT2D eigenvalue weighted by Gasteiger charge is 2.17. The van der Waals surface area contributed by atoms with Crippen molar-refractivity contribution in [1.29, 1.82) is 0 Å². The maximum atomic E-state index is 13.3. The van der Waals surface area contributed by atoms with Crippen LogP contribution in [-0.4, -0.2) is 65.5 Å². The first-order valence-corrected chi connectivity index (χ1v) is 12.6. The molecule has 1 saturated heterocycles. The van der Waals surface area contributed by atoms with Crippen molar-refractivity contribution < 1.29 is 14.2 Å². The quantitative estimate of drug-likeness (QED) is 0.388. The fraction of sp³-hybridized carbons (Fsp3) is 0.379. The maximum absolute atomic E-state index is 13.3. The molecule has 2 aromatic carbocycles. The van der Waals surface area contributed by atoms with Crippen molar-refractivity contribution in [3.8, 4) is 17.6 Å². The van der Waals surface area contributed by atoms with Gasteiger partial charge in [0.05, 0.1) is 25.2 Å². The Bertz CT molecular complexity index is 1260. The fourth-order valence-corrected chi connectivity index (χ4v) is 4.27. The SMILES string of the molecule is CC(F)CNCC(Cc1nc[nH]c(=O)c1O)c1ccc(C#Cc2ccc(CN3CCOCC3)cc2)cc1. The van der Waals surface area contributed by atoms with E-state index in [2.05, 4.69) is 44.2 Å². The molecule has 194 valence electrons. The highest BCUT2D eigenvalue weighted by atomic mass is 19.1. The molecule has 37 heavy (non-hydrogen) atoms. The average molecular weight is 505 g/mol. The molecule has 3 aromatic rings. The molecule has 1 fully saturated rings. The Balaban J connectivity index is 1.42. The van der Waals surface area contributed by atoms with Gasteiger partial charge in [0.1, 0.15) is 6.17 Å². The normalized spacial score (nSPS) is 15.5. The predicted octanol–water partition coefficient (Wildman–Crippen LogP) is 2.98. The van der Waals surface area contributed by atoms with Gasteiger partial charge in [0, 0.05) is 56.2 Å². The molecule has 1 aromatic heterocycles. The van der Waals surface area contributed by atoms with E-state index in [-0.39, 0.29) is 18.2 Å². The summed E-state index contributed by atoms with van der Waals surface area (Å²) in [5, 5.41) is 13.2. The number of benzene rings is 2. The number of morpholine rings is 1. The van der Waals surface area contributed by atoms with E-state index >= 15 is 0 Å². The van der Waals surface area contributed by atoms with Crippen molar-refractivity contribution in [2.45, 2.75) is 32.0 Å². The van der Waals surface area contributed by atoms with Gasteiger partial charge in [-0.15, -0.1) is 0 Å². The Kier molecular flexibility index (Phi) is 9.44. The Morgan fingerprint density at radius 3 is 2.38 bits per heavy atom. The zero-order valence-electron chi connectivity index (χ0n) is 21.0. The minimum absolute atomic E-state index is 0.111. The van der Waals surface area contributed by atoms with Crippen molar-refractivity contribution in [2.75, 3.05) is 39.4 Å². The molecule has 2 atom stereocenters. The summed E-state index contributed by atoms with van der Waals surface area (Å²) in [6, 6.07) is 16.2. The largest absolute Gasteiger partial charge is 0.502 e. The number of hydrogen-bond donors (Lipinski definition) is 3. The van der Waals surface area contributed by atoms with E-state index in [1.807, 2.05) is 36.4 Å². The van der Waals surface area contributed by atoms with Crippen LogP contribution in [-0.2, 0) is 17.7 Å². The number of rotatable bonds is 9. The van der Waals surface area contributed by atoms with Crippen LogP contribution in [0.4, 0.5) is 4.39 Å². The summed E-state index contributed by atoms with van der Waals surface area (Å²) in [5.74, 6) is 5.94. The van der Waals surface area contributed by atoms with E-state index in [0.29, 0.717) is 18.7 Å². The zero-order valence-corrected chi connectivity index (χ0v) is 21.0.